The highest BCUT2D eigenvalue weighted by Crippen LogP contribution is 2.19. The molecule has 0 unspecified atom stereocenters. The highest BCUT2D eigenvalue weighted by atomic mass is 79.9. The summed E-state index contributed by atoms with van der Waals surface area (Å²) in [6.45, 7) is 1.80. The first kappa shape index (κ1) is 17.1. The van der Waals surface area contributed by atoms with E-state index in [9.17, 15) is 14.0 Å². The molecule has 0 fully saturated rings. The van der Waals surface area contributed by atoms with Crippen LogP contribution in [0.3, 0.4) is 0 Å². The van der Waals surface area contributed by atoms with Gasteiger partial charge in [0.15, 0.2) is 6.10 Å². The summed E-state index contributed by atoms with van der Waals surface area (Å²) in [7, 11) is 0. The number of ether oxygens (including phenoxy) is 1. The van der Waals surface area contributed by atoms with Crippen LogP contribution in [-0.4, -0.2) is 18.0 Å². The highest BCUT2D eigenvalue weighted by molar-refractivity contribution is 9.10. The van der Waals surface area contributed by atoms with Crippen molar-refractivity contribution < 1.29 is 18.7 Å². The molecule has 0 heterocycles. The Kier molecular flexibility index (Phi) is 5.87. The van der Waals surface area contributed by atoms with Gasteiger partial charge in [-0.3, -0.25) is 4.79 Å². The molecule has 0 spiro atoms. The predicted molar refractivity (Wildman–Crippen MR) is 87.3 cm³/mol. The number of benzene rings is 2. The summed E-state index contributed by atoms with van der Waals surface area (Å²) in [4.78, 5) is 24.0. The summed E-state index contributed by atoms with van der Waals surface area (Å²) < 4.78 is 18.7. The SMILES string of the molecule is C[C@H](OC(=O)c1cc(F)ccc1Br)C(=O)NCc1ccccc1. The largest absolute Gasteiger partial charge is 0.449 e. The smallest absolute Gasteiger partial charge is 0.340 e. The van der Waals surface area contributed by atoms with Gasteiger partial charge in [-0.05, 0) is 46.6 Å². The van der Waals surface area contributed by atoms with Crippen LogP contribution in [-0.2, 0) is 16.1 Å². The molecule has 2 aromatic rings. The van der Waals surface area contributed by atoms with E-state index in [1.807, 2.05) is 30.3 Å². The standard InChI is InChI=1S/C17H15BrFNO3/c1-11(16(21)20-10-12-5-3-2-4-6-12)23-17(22)14-9-13(19)7-8-15(14)18/h2-9,11H,10H2,1H3,(H,20,21)/t11-/m0/s1. The van der Waals surface area contributed by atoms with E-state index in [0.717, 1.165) is 11.6 Å². The molecular weight excluding hydrogens is 365 g/mol. The fraction of sp³-hybridized carbons (Fsp3) is 0.176. The van der Waals surface area contributed by atoms with Crippen LogP contribution in [0.2, 0.25) is 0 Å². The van der Waals surface area contributed by atoms with E-state index in [-0.39, 0.29) is 5.56 Å². The minimum Gasteiger partial charge on any atom is -0.449 e. The summed E-state index contributed by atoms with van der Waals surface area (Å²) in [5.74, 6) is -1.74. The van der Waals surface area contributed by atoms with E-state index in [2.05, 4.69) is 21.2 Å². The minimum absolute atomic E-state index is 0.0349. The van der Waals surface area contributed by atoms with E-state index in [0.29, 0.717) is 11.0 Å². The number of carbonyl (C=O) groups is 2. The number of nitrogens with one attached hydrogen (secondary N) is 1. The van der Waals surface area contributed by atoms with E-state index < -0.39 is 23.8 Å². The lowest BCUT2D eigenvalue weighted by Crippen LogP contribution is -2.35. The highest BCUT2D eigenvalue weighted by Gasteiger charge is 2.20. The molecule has 2 aromatic carbocycles. The molecule has 1 atom stereocenters. The van der Waals surface area contributed by atoms with Crippen molar-refractivity contribution in [2.24, 2.45) is 0 Å². The van der Waals surface area contributed by atoms with Crippen LogP contribution in [0.5, 0.6) is 0 Å². The maximum absolute atomic E-state index is 13.2. The van der Waals surface area contributed by atoms with Crippen LogP contribution in [0.25, 0.3) is 0 Å². The molecule has 120 valence electrons. The van der Waals surface area contributed by atoms with E-state index >= 15 is 0 Å². The third-order valence-corrected chi connectivity index (χ3v) is 3.80. The Morgan fingerprint density at radius 3 is 2.61 bits per heavy atom. The quantitative estimate of drug-likeness (QED) is 0.809. The van der Waals surface area contributed by atoms with Gasteiger partial charge in [-0.1, -0.05) is 30.3 Å². The molecule has 6 heteroatoms. The van der Waals surface area contributed by atoms with Crippen molar-refractivity contribution in [3.8, 4) is 0 Å². The summed E-state index contributed by atoms with van der Waals surface area (Å²) in [6, 6.07) is 13.1. The second kappa shape index (κ2) is 7.87. The molecule has 23 heavy (non-hydrogen) atoms. The number of carbonyl (C=O) groups excluding carboxylic acids is 2. The molecule has 2 rings (SSSR count). The van der Waals surface area contributed by atoms with Crippen LogP contribution in [0.4, 0.5) is 4.39 Å². The number of halogens is 2. The van der Waals surface area contributed by atoms with E-state index in [4.69, 9.17) is 4.74 Å². The number of esters is 1. The van der Waals surface area contributed by atoms with Gasteiger partial charge in [0.1, 0.15) is 5.82 Å². The lowest BCUT2D eigenvalue weighted by atomic mass is 10.2. The Hall–Kier alpha value is -2.21. The fourth-order valence-electron chi connectivity index (χ4n) is 1.86. The third-order valence-electron chi connectivity index (χ3n) is 3.11. The first-order valence-corrected chi connectivity index (χ1v) is 7.74. The second-order valence-corrected chi connectivity index (χ2v) is 5.73. The Bertz CT molecular complexity index is 706. The molecule has 1 N–H and O–H groups in total. The summed E-state index contributed by atoms with van der Waals surface area (Å²) >= 11 is 3.15. The van der Waals surface area contributed by atoms with Crippen molar-refractivity contribution in [3.63, 3.8) is 0 Å². The first-order chi connectivity index (χ1) is 11.0. The Labute approximate surface area is 141 Å². The van der Waals surface area contributed by atoms with Crippen LogP contribution in [0, 0.1) is 5.82 Å². The van der Waals surface area contributed by atoms with Gasteiger partial charge in [0.25, 0.3) is 5.91 Å². The van der Waals surface area contributed by atoms with Crippen molar-refractivity contribution in [3.05, 3.63) is 69.9 Å². The monoisotopic (exact) mass is 379 g/mol. The second-order valence-electron chi connectivity index (χ2n) is 4.88. The van der Waals surface area contributed by atoms with Crippen LogP contribution < -0.4 is 5.32 Å². The molecule has 0 aliphatic carbocycles. The van der Waals surface area contributed by atoms with Crippen molar-refractivity contribution in [2.75, 3.05) is 0 Å². The summed E-state index contributed by atoms with van der Waals surface area (Å²) in [6.07, 6.45) is -0.985. The summed E-state index contributed by atoms with van der Waals surface area (Å²) in [5, 5.41) is 2.68. The molecule has 0 aromatic heterocycles. The van der Waals surface area contributed by atoms with Gasteiger partial charge in [-0.25, -0.2) is 9.18 Å². The molecule has 0 aliphatic rings. The molecular formula is C17H15BrFNO3. The fourth-order valence-corrected chi connectivity index (χ4v) is 2.27. The topological polar surface area (TPSA) is 55.4 Å². The van der Waals surface area contributed by atoms with Gasteiger partial charge < -0.3 is 10.1 Å². The van der Waals surface area contributed by atoms with Gasteiger partial charge in [0.05, 0.1) is 5.56 Å². The van der Waals surface area contributed by atoms with Gasteiger partial charge in [-0.15, -0.1) is 0 Å². The third kappa shape index (κ3) is 4.89. The maximum atomic E-state index is 13.2. The Balaban J connectivity index is 1.92. The zero-order chi connectivity index (χ0) is 16.8. The van der Waals surface area contributed by atoms with Gasteiger partial charge >= 0.3 is 5.97 Å². The number of amides is 1. The van der Waals surface area contributed by atoms with Gasteiger partial charge in [-0.2, -0.15) is 0 Å². The molecule has 4 nitrogen and oxygen atoms in total. The zero-order valence-electron chi connectivity index (χ0n) is 12.4. The van der Waals surface area contributed by atoms with Crippen molar-refractivity contribution >= 4 is 27.8 Å². The molecule has 0 radical (unpaired) electrons. The average Bonchev–Trinajstić information content (AvgIpc) is 2.55. The molecule has 1 amide bonds. The van der Waals surface area contributed by atoms with Crippen molar-refractivity contribution in [2.45, 2.75) is 19.6 Å². The number of hydrogen-bond donors (Lipinski definition) is 1. The van der Waals surface area contributed by atoms with Crippen molar-refractivity contribution in [1.82, 2.24) is 5.32 Å². The average molecular weight is 380 g/mol. The van der Waals surface area contributed by atoms with Crippen LogP contribution in [0.15, 0.2) is 53.0 Å². The Morgan fingerprint density at radius 1 is 1.22 bits per heavy atom. The molecule has 0 saturated carbocycles. The number of hydrogen-bond acceptors (Lipinski definition) is 3. The van der Waals surface area contributed by atoms with Crippen molar-refractivity contribution in [1.29, 1.82) is 0 Å². The number of rotatable bonds is 5. The molecule has 0 aliphatic heterocycles. The van der Waals surface area contributed by atoms with Crippen LogP contribution in [0.1, 0.15) is 22.8 Å². The lowest BCUT2D eigenvalue weighted by molar-refractivity contribution is -0.129. The molecule has 0 bridgehead atoms. The summed E-state index contributed by atoms with van der Waals surface area (Å²) in [5.41, 5.74) is 0.972. The molecule has 0 saturated heterocycles. The normalized spacial score (nSPS) is 11.6. The Morgan fingerprint density at radius 2 is 1.91 bits per heavy atom. The minimum atomic E-state index is -0.985. The van der Waals surface area contributed by atoms with Gasteiger partial charge in [0.2, 0.25) is 0 Å². The maximum Gasteiger partial charge on any atom is 0.340 e. The van der Waals surface area contributed by atoms with E-state index in [1.165, 1.54) is 19.1 Å². The first-order valence-electron chi connectivity index (χ1n) is 6.95. The van der Waals surface area contributed by atoms with Gasteiger partial charge in [0, 0.05) is 11.0 Å². The predicted octanol–water partition coefficient (Wildman–Crippen LogP) is 3.45. The zero-order valence-corrected chi connectivity index (χ0v) is 14.0. The van der Waals surface area contributed by atoms with E-state index in [1.54, 1.807) is 0 Å². The lowest BCUT2D eigenvalue weighted by Gasteiger charge is -2.14. The van der Waals surface area contributed by atoms with Crippen LogP contribution >= 0.6 is 15.9 Å².